The lowest BCUT2D eigenvalue weighted by molar-refractivity contribution is 0.0952. The number of halogens is 1. The van der Waals surface area contributed by atoms with Gasteiger partial charge in [0.05, 0.1) is 5.56 Å². The number of benzene rings is 1. The van der Waals surface area contributed by atoms with Crippen molar-refractivity contribution in [2.75, 3.05) is 19.4 Å². The van der Waals surface area contributed by atoms with Crippen LogP contribution in [0.15, 0.2) is 18.2 Å². The molecule has 2 N–H and O–H groups in total. The molecule has 2 rings (SSSR count). The molecule has 1 aromatic carbocycles. The standard InChI is InChI=1S/C15H16FNO2S/c1-20-15(6-7-15)10-17-14(19)13-5-4-12(16)9-11(13)3-2-8-18/h4-5,9,18H,6-8,10H2,1H3,(H,17,19). The second kappa shape index (κ2) is 6.29. The number of amides is 1. The fraction of sp³-hybridized carbons (Fsp3) is 0.400. The van der Waals surface area contributed by atoms with Crippen molar-refractivity contribution in [3.05, 3.63) is 35.1 Å². The second-order valence-electron chi connectivity index (χ2n) is 4.72. The highest BCUT2D eigenvalue weighted by molar-refractivity contribution is 8.00. The van der Waals surface area contributed by atoms with E-state index in [1.807, 2.05) is 6.26 Å². The Morgan fingerprint density at radius 2 is 2.30 bits per heavy atom. The van der Waals surface area contributed by atoms with Crippen LogP contribution in [0.3, 0.4) is 0 Å². The molecule has 0 heterocycles. The number of aliphatic hydroxyl groups excluding tert-OH is 1. The first-order chi connectivity index (χ1) is 9.60. The monoisotopic (exact) mass is 293 g/mol. The van der Waals surface area contributed by atoms with Crippen molar-refractivity contribution in [1.29, 1.82) is 0 Å². The number of thioether (sulfide) groups is 1. The summed E-state index contributed by atoms with van der Waals surface area (Å²) in [7, 11) is 0. The number of rotatable bonds is 4. The maximum atomic E-state index is 13.2. The highest BCUT2D eigenvalue weighted by Crippen LogP contribution is 2.46. The van der Waals surface area contributed by atoms with Crippen LogP contribution in [0.4, 0.5) is 4.39 Å². The molecule has 0 aliphatic heterocycles. The van der Waals surface area contributed by atoms with E-state index in [0.29, 0.717) is 17.7 Å². The number of hydrogen-bond donors (Lipinski definition) is 2. The van der Waals surface area contributed by atoms with Crippen molar-refractivity contribution in [1.82, 2.24) is 5.32 Å². The average Bonchev–Trinajstić information content (AvgIpc) is 3.23. The van der Waals surface area contributed by atoms with Crippen molar-refractivity contribution >= 4 is 17.7 Å². The number of aliphatic hydroxyl groups is 1. The van der Waals surface area contributed by atoms with Gasteiger partial charge in [0.15, 0.2) is 0 Å². The Balaban J connectivity index is 2.12. The highest BCUT2D eigenvalue weighted by Gasteiger charge is 2.42. The molecule has 1 fully saturated rings. The third-order valence-electron chi connectivity index (χ3n) is 3.34. The summed E-state index contributed by atoms with van der Waals surface area (Å²) in [6, 6.07) is 3.87. The Kier molecular flexibility index (Phi) is 4.69. The lowest BCUT2D eigenvalue weighted by atomic mass is 10.1. The van der Waals surface area contributed by atoms with E-state index in [1.54, 1.807) is 11.8 Å². The molecule has 106 valence electrons. The molecule has 3 nitrogen and oxygen atoms in total. The van der Waals surface area contributed by atoms with E-state index < -0.39 is 5.82 Å². The van der Waals surface area contributed by atoms with Crippen molar-refractivity contribution in [2.45, 2.75) is 17.6 Å². The molecule has 0 atom stereocenters. The Hall–Kier alpha value is -1.51. The fourth-order valence-electron chi connectivity index (χ4n) is 1.88. The summed E-state index contributed by atoms with van der Waals surface area (Å²) in [6.45, 7) is 0.282. The minimum absolute atomic E-state index is 0.173. The third kappa shape index (κ3) is 3.53. The van der Waals surface area contributed by atoms with Gasteiger partial charge in [0.25, 0.3) is 5.91 Å². The largest absolute Gasteiger partial charge is 0.384 e. The van der Waals surface area contributed by atoms with Crippen LogP contribution in [0.25, 0.3) is 0 Å². The lowest BCUT2D eigenvalue weighted by Crippen LogP contribution is -2.32. The molecule has 1 saturated carbocycles. The minimum atomic E-state index is -0.452. The van der Waals surface area contributed by atoms with Crippen LogP contribution in [-0.4, -0.2) is 35.2 Å². The van der Waals surface area contributed by atoms with Gasteiger partial charge in [-0.2, -0.15) is 11.8 Å². The zero-order valence-electron chi connectivity index (χ0n) is 11.2. The van der Waals surface area contributed by atoms with Crippen LogP contribution in [-0.2, 0) is 0 Å². The van der Waals surface area contributed by atoms with Crippen molar-refractivity contribution < 1.29 is 14.3 Å². The quantitative estimate of drug-likeness (QED) is 0.832. The average molecular weight is 293 g/mol. The number of hydrogen-bond acceptors (Lipinski definition) is 3. The summed E-state index contributed by atoms with van der Waals surface area (Å²) in [4.78, 5) is 12.2. The van der Waals surface area contributed by atoms with Gasteiger partial charge < -0.3 is 10.4 Å². The first-order valence-electron chi connectivity index (χ1n) is 6.33. The molecule has 0 aromatic heterocycles. The topological polar surface area (TPSA) is 49.3 Å². The minimum Gasteiger partial charge on any atom is -0.384 e. The van der Waals surface area contributed by atoms with E-state index >= 15 is 0 Å². The second-order valence-corrected chi connectivity index (χ2v) is 5.99. The molecule has 1 aromatic rings. The van der Waals surface area contributed by atoms with E-state index in [9.17, 15) is 9.18 Å². The molecular formula is C15H16FNO2S. The molecule has 0 spiro atoms. The Morgan fingerprint density at radius 3 is 2.90 bits per heavy atom. The maximum absolute atomic E-state index is 13.2. The van der Waals surface area contributed by atoms with Crippen molar-refractivity contribution in [3.63, 3.8) is 0 Å². The lowest BCUT2D eigenvalue weighted by Gasteiger charge is -2.13. The first-order valence-corrected chi connectivity index (χ1v) is 7.55. The molecule has 0 bridgehead atoms. The summed E-state index contributed by atoms with van der Waals surface area (Å²) < 4.78 is 13.4. The Labute approximate surface area is 122 Å². The number of nitrogens with one attached hydrogen (secondary N) is 1. The van der Waals surface area contributed by atoms with Crippen LogP contribution < -0.4 is 5.32 Å². The summed E-state index contributed by atoms with van der Waals surface area (Å²) in [5, 5.41) is 11.6. The molecule has 5 heteroatoms. The molecule has 0 radical (unpaired) electrons. The zero-order chi connectivity index (χ0) is 14.6. The number of carbonyl (C=O) groups is 1. The summed E-state index contributed by atoms with van der Waals surface area (Å²) in [5.74, 6) is 4.33. The van der Waals surface area contributed by atoms with E-state index in [-0.39, 0.29) is 17.3 Å². The van der Waals surface area contributed by atoms with Gasteiger partial charge >= 0.3 is 0 Å². The van der Waals surface area contributed by atoms with Gasteiger partial charge in [0.1, 0.15) is 12.4 Å². The normalized spacial score (nSPS) is 15.2. The van der Waals surface area contributed by atoms with E-state index in [0.717, 1.165) is 12.8 Å². The molecule has 1 aliphatic carbocycles. The first kappa shape index (κ1) is 14.9. The van der Waals surface area contributed by atoms with Gasteiger partial charge in [0, 0.05) is 16.9 Å². The van der Waals surface area contributed by atoms with Gasteiger partial charge in [-0.1, -0.05) is 11.8 Å². The van der Waals surface area contributed by atoms with Gasteiger partial charge in [-0.05, 0) is 37.3 Å². The SMILES string of the molecule is CSC1(CNC(=O)c2ccc(F)cc2C#CCO)CC1. The highest BCUT2D eigenvalue weighted by atomic mass is 32.2. The van der Waals surface area contributed by atoms with Crippen LogP contribution >= 0.6 is 11.8 Å². The van der Waals surface area contributed by atoms with Gasteiger partial charge in [0.2, 0.25) is 0 Å². The smallest absolute Gasteiger partial charge is 0.252 e. The van der Waals surface area contributed by atoms with E-state index in [2.05, 4.69) is 17.2 Å². The van der Waals surface area contributed by atoms with Gasteiger partial charge in [-0.15, -0.1) is 0 Å². The predicted octanol–water partition coefficient (Wildman–Crippen LogP) is 1.79. The summed E-state index contributed by atoms with van der Waals surface area (Å²) in [6.07, 6.45) is 4.25. The molecule has 1 amide bonds. The van der Waals surface area contributed by atoms with E-state index in [4.69, 9.17) is 5.11 Å². The summed E-state index contributed by atoms with van der Waals surface area (Å²) in [5.41, 5.74) is 0.634. The molecule has 1 aliphatic rings. The molecule has 0 saturated heterocycles. The van der Waals surface area contributed by atoms with Crippen LogP contribution in [0.2, 0.25) is 0 Å². The maximum Gasteiger partial charge on any atom is 0.252 e. The Bertz CT molecular complexity index is 573. The van der Waals surface area contributed by atoms with Crippen molar-refractivity contribution in [2.24, 2.45) is 0 Å². The Morgan fingerprint density at radius 1 is 1.55 bits per heavy atom. The molecule has 20 heavy (non-hydrogen) atoms. The van der Waals surface area contributed by atoms with Crippen molar-refractivity contribution in [3.8, 4) is 11.8 Å². The van der Waals surface area contributed by atoms with Gasteiger partial charge in [-0.3, -0.25) is 4.79 Å². The van der Waals surface area contributed by atoms with E-state index in [1.165, 1.54) is 18.2 Å². The fourth-order valence-corrected chi connectivity index (χ4v) is 2.61. The predicted molar refractivity (Wildman–Crippen MR) is 78.2 cm³/mol. The zero-order valence-corrected chi connectivity index (χ0v) is 12.0. The van der Waals surface area contributed by atoms with Gasteiger partial charge in [-0.25, -0.2) is 4.39 Å². The summed E-state index contributed by atoms with van der Waals surface area (Å²) >= 11 is 1.76. The molecular weight excluding hydrogens is 277 g/mol. The third-order valence-corrected chi connectivity index (χ3v) is 4.76. The molecule has 0 unspecified atom stereocenters. The van der Waals surface area contributed by atoms with Crippen LogP contribution in [0, 0.1) is 17.7 Å². The van der Waals surface area contributed by atoms with Crippen LogP contribution in [0.5, 0.6) is 0 Å². The van der Waals surface area contributed by atoms with Crippen LogP contribution in [0.1, 0.15) is 28.8 Å². The number of carbonyl (C=O) groups excluding carboxylic acids is 1.